The molecule has 0 saturated heterocycles. The van der Waals surface area contributed by atoms with Crippen molar-refractivity contribution in [1.29, 1.82) is 0 Å². The van der Waals surface area contributed by atoms with Gasteiger partial charge in [0.05, 0.1) is 0 Å². The van der Waals surface area contributed by atoms with Crippen molar-refractivity contribution >= 4 is 17.9 Å². The fourth-order valence-electron chi connectivity index (χ4n) is 11.1. The molecule has 0 N–H and O–H groups in total. The second-order valence-electron chi connectivity index (χ2n) is 24.9. The van der Waals surface area contributed by atoms with E-state index in [1.54, 1.807) is 0 Å². The molecule has 0 bridgehead atoms. The van der Waals surface area contributed by atoms with Gasteiger partial charge in [-0.25, -0.2) is 0 Å². The number of carbonyl (C=O) groups excluding carboxylic acids is 3. The van der Waals surface area contributed by atoms with E-state index in [-0.39, 0.29) is 31.1 Å². The first-order valence-electron chi connectivity index (χ1n) is 36.5. The topological polar surface area (TPSA) is 78.9 Å². The molecule has 1 unspecified atom stereocenters. The minimum atomic E-state index is -0.767. The first kappa shape index (κ1) is 78.6. The van der Waals surface area contributed by atoms with Crippen LogP contribution < -0.4 is 0 Å². The van der Waals surface area contributed by atoms with Gasteiger partial charge in [-0.2, -0.15) is 0 Å². The Morgan fingerprint density at radius 2 is 0.444 bits per heavy atom. The molecule has 0 amide bonds. The quantitative estimate of drug-likeness (QED) is 0.0261. The summed E-state index contributed by atoms with van der Waals surface area (Å²) >= 11 is 0. The van der Waals surface area contributed by atoms with Gasteiger partial charge < -0.3 is 14.2 Å². The predicted octanol–water partition coefficient (Wildman–Crippen LogP) is 25.1. The lowest BCUT2D eigenvalue weighted by Crippen LogP contribution is -2.30. The number of carbonyl (C=O) groups is 3. The van der Waals surface area contributed by atoms with E-state index >= 15 is 0 Å². The molecule has 476 valence electrons. The largest absolute Gasteiger partial charge is 0.462 e. The van der Waals surface area contributed by atoms with Crippen molar-refractivity contribution in [2.75, 3.05) is 13.2 Å². The smallest absolute Gasteiger partial charge is 0.306 e. The Balaban J connectivity index is 3.99. The summed E-state index contributed by atoms with van der Waals surface area (Å²) in [5.74, 6) is -0.845. The summed E-state index contributed by atoms with van der Waals surface area (Å²) < 4.78 is 16.9. The third kappa shape index (κ3) is 68.3. The lowest BCUT2D eigenvalue weighted by Gasteiger charge is -2.18. The molecular weight excluding hydrogens is 997 g/mol. The van der Waals surface area contributed by atoms with Crippen LogP contribution in [0.25, 0.3) is 0 Å². The second-order valence-corrected chi connectivity index (χ2v) is 24.9. The van der Waals surface area contributed by atoms with Crippen molar-refractivity contribution < 1.29 is 28.6 Å². The van der Waals surface area contributed by atoms with Crippen LogP contribution in [0.1, 0.15) is 406 Å². The molecule has 0 fully saturated rings. The van der Waals surface area contributed by atoms with Crippen LogP contribution in [-0.2, 0) is 28.6 Å². The van der Waals surface area contributed by atoms with Gasteiger partial charge in [-0.15, -0.1) is 0 Å². The van der Waals surface area contributed by atoms with Gasteiger partial charge in [-0.1, -0.05) is 346 Å². The summed E-state index contributed by atoms with van der Waals surface area (Å²) in [6, 6.07) is 0. The Morgan fingerprint density at radius 1 is 0.247 bits per heavy atom. The van der Waals surface area contributed by atoms with Crippen LogP contribution in [0.5, 0.6) is 0 Å². The van der Waals surface area contributed by atoms with Crippen molar-refractivity contribution in [3.8, 4) is 0 Å². The molecule has 0 saturated carbocycles. The lowest BCUT2D eigenvalue weighted by molar-refractivity contribution is -0.167. The van der Waals surface area contributed by atoms with Crippen molar-refractivity contribution in [3.05, 3.63) is 36.5 Å². The van der Waals surface area contributed by atoms with Crippen LogP contribution in [0, 0.1) is 0 Å². The zero-order chi connectivity index (χ0) is 58.5. The van der Waals surface area contributed by atoms with Crippen molar-refractivity contribution in [1.82, 2.24) is 0 Å². The molecule has 6 nitrogen and oxygen atoms in total. The zero-order valence-corrected chi connectivity index (χ0v) is 54.8. The maximum atomic E-state index is 12.9. The maximum Gasteiger partial charge on any atom is 0.306 e. The summed E-state index contributed by atoms with van der Waals surface area (Å²) in [7, 11) is 0. The van der Waals surface area contributed by atoms with E-state index in [4.69, 9.17) is 14.2 Å². The van der Waals surface area contributed by atoms with Gasteiger partial charge in [0.15, 0.2) is 6.10 Å². The van der Waals surface area contributed by atoms with Crippen LogP contribution in [0.2, 0.25) is 0 Å². The molecule has 0 aromatic rings. The monoisotopic (exact) mass is 1140 g/mol. The second kappa shape index (κ2) is 70.1. The van der Waals surface area contributed by atoms with E-state index in [0.29, 0.717) is 19.3 Å². The van der Waals surface area contributed by atoms with Gasteiger partial charge in [-0.05, 0) is 77.0 Å². The molecule has 81 heavy (non-hydrogen) atoms. The normalized spacial score (nSPS) is 12.2. The van der Waals surface area contributed by atoms with Crippen molar-refractivity contribution in [3.63, 3.8) is 0 Å². The fourth-order valence-corrected chi connectivity index (χ4v) is 11.1. The first-order chi connectivity index (χ1) is 40.0. The highest BCUT2D eigenvalue weighted by Crippen LogP contribution is 2.19. The molecule has 0 aromatic carbocycles. The van der Waals surface area contributed by atoms with Gasteiger partial charge in [0, 0.05) is 19.3 Å². The van der Waals surface area contributed by atoms with Crippen molar-refractivity contribution in [2.24, 2.45) is 0 Å². The average molecular weight is 1140 g/mol. The summed E-state index contributed by atoms with van der Waals surface area (Å²) in [5, 5.41) is 0. The first-order valence-corrected chi connectivity index (χ1v) is 36.5. The van der Waals surface area contributed by atoms with Gasteiger partial charge in [-0.3, -0.25) is 14.4 Å². The lowest BCUT2D eigenvalue weighted by atomic mass is 10.0. The Hall–Kier alpha value is -2.37. The fraction of sp³-hybridized carbons (Fsp3) is 0.880. The highest BCUT2D eigenvalue weighted by molar-refractivity contribution is 5.71. The van der Waals surface area contributed by atoms with E-state index in [2.05, 4.69) is 57.2 Å². The summed E-state index contributed by atoms with van der Waals surface area (Å²) in [5.41, 5.74) is 0. The molecule has 0 aliphatic carbocycles. The van der Waals surface area contributed by atoms with Gasteiger partial charge >= 0.3 is 17.9 Å². The van der Waals surface area contributed by atoms with E-state index < -0.39 is 6.10 Å². The molecule has 0 aliphatic rings. The molecule has 1 atom stereocenters. The Morgan fingerprint density at radius 3 is 0.691 bits per heavy atom. The number of hydrogen-bond donors (Lipinski definition) is 0. The van der Waals surface area contributed by atoms with E-state index in [9.17, 15) is 14.4 Å². The molecule has 0 aliphatic heterocycles. The van der Waals surface area contributed by atoms with Crippen LogP contribution in [0.15, 0.2) is 36.5 Å². The number of esters is 3. The number of hydrogen-bond acceptors (Lipinski definition) is 6. The van der Waals surface area contributed by atoms with Crippen LogP contribution in [-0.4, -0.2) is 37.2 Å². The Kier molecular flexibility index (Phi) is 68.1. The predicted molar refractivity (Wildman–Crippen MR) is 353 cm³/mol. The number of unbranched alkanes of at least 4 members (excludes halogenated alkanes) is 51. The summed E-state index contributed by atoms with van der Waals surface area (Å²) in [6.45, 7) is 6.66. The molecular formula is C75H140O6. The number of rotatable bonds is 68. The Labute approximate surface area is 506 Å². The standard InChI is InChI=1S/C75H140O6/c1-4-7-10-13-16-18-20-22-24-26-28-30-32-34-35-36-37-38-39-41-42-44-46-48-50-52-54-56-59-62-65-68-74(77)80-71-72(70-79-73(76)67-64-61-58-15-12-9-6-3)81-75(78)69-66-63-60-57-55-53-51-49-47-45-43-40-33-31-29-27-25-23-21-19-17-14-11-8-5-2/h20,22,26-29,72H,4-19,21,23-25,30-71H2,1-3H3/b22-20-,28-26-,29-27-. The zero-order valence-electron chi connectivity index (χ0n) is 54.8. The van der Waals surface area contributed by atoms with E-state index in [1.807, 2.05) is 0 Å². The molecule has 0 spiro atoms. The summed E-state index contributed by atoms with van der Waals surface area (Å²) in [6.07, 6.45) is 87.9. The molecule has 6 heteroatoms. The minimum Gasteiger partial charge on any atom is -0.462 e. The van der Waals surface area contributed by atoms with Gasteiger partial charge in [0.1, 0.15) is 13.2 Å². The average Bonchev–Trinajstić information content (AvgIpc) is 3.46. The highest BCUT2D eigenvalue weighted by atomic mass is 16.6. The highest BCUT2D eigenvalue weighted by Gasteiger charge is 2.19. The van der Waals surface area contributed by atoms with Gasteiger partial charge in [0.25, 0.3) is 0 Å². The van der Waals surface area contributed by atoms with Crippen molar-refractivity contribution in [2.45, 2.75) is 412 Å². The maximum absolute atomic E-state index is 12.9. The molecule has 0 radical (unpaired) electrons. The minimum absolute atomic E-state index is 0.0663. The molecule has 0 heterocycles. The Bertz CT molecular complexity index is 1350. The molecule has 0 aromatic heterocycles. The van der Waals surface area contributed by atoms with Crippen LogP contribution in [0.3, 0.4) is 0 Å². The van der Waals surface area contributed by atoms with Crippen LogP contribution in [0.4, 0.5) is 0 Å². The molecule has 0 rings (SSSR count). The third-order valence-corrected chi connectivity index (χ3v) is 16.6. The SMILES string of the molecule is CCCCCCC/C=C\C/C=C\CCCCCCCCCCCCCCCCCCCCCC(=O)OCC(COC(=O)CCCCCCCCC)OC(=O)CCCCCCCCCCCCCCC/C=C\CCCCCCCCCC. The third-order valence-electron chi connectivity index (χ3n) is 16.6. The van der Waals surface area contributed by atoms with E-state index in [1.165, 1.54) is 302 Å². The number of allylic oxidation sites excluding steroid dienone is 6. The van der Waals surface area contributed by atoms with Crippen LogP contribution >= 0.6 is 0 Å². The van der Waals surface area contributed by atoms with Gasteiger partial charge in [0.2, 0.25) is 0 Å². The number of ether oxygens (including phenoxy) is 3. The van der Waals surface area contributed by atoms with E-state index in [0.717, 1.165) is 64.2 Å². The summed E-state index contributed by atoms with van der Waals surface area (Å²) in [4.78, 5) is 38.2.